The van der Waals surface area contributed by atoms with Crippen LogP contribution in [0, 0.1) is 29.6 Å². The third-order valence-corrected chi connectivity index (χ3v) is 12.5. The van der Waals surface area contributed by atoms with Crippen molar-refractivity contribution in [1.82, 2.24) is 25.0 Å². The largest absolute Gasteiger partial charge is 0.393 e. The summed E-state index contributed by atoms with van der Waals surface area (Å²) in [6.07, 6.45) is 10.4. The quantitative estimate of drug-likeness (QED) is 0.147. The molecule has 0 radical (unpaired) electrons. The van der Waals surface area contributed by atoms with Gasteiger partial charge in [0.15, 0.2) is 0 Å². The van der Waals surface area contributed by atoms with Crippen LogP contribution in [-0.2, 0) is 24.4 Å². The lowest BCUT2D eigenvalue weighted by atomic mass is 9.73. The Morgan fingerprint density at radius 1 is 0.760 bits per heavy atom. The second kappa shape index (κ2) is 21.0. The van der Waals surface area contributed by atoms with Crippen molar-refractivity contribution in [3.63, 3.8) is 0 Å². The van der Waals surface area contributed by atoms with Crippen molar-refractivity contribution in [1.29, 1.82) is 0 Å². The number of hydrazine groups is 1. The van der Waals surface area contributed by atoms with Gasteiger partial charge in [0, 0.05) is 58.0 Å². The summed E-state index contributed by atoms with van der Waals surface area (Å²) in [4.78, 5) is 47.3. The van der Waals surface area contributed by atoms with E-state index in [2.05, 4.69) is 10.1 Å². The first-order valence-electron chi connectivity index (χ1n) is 19.7. The Balaban J connectivity index is 1.80. The summed E-state index contributed by atoms with van der Waals surface area (Å²) in [6, 6.07) is -0.666. The van der Waals surface area contributed by atoms with Crippen LogP contribution in [0.5, 0.6) is 0 Å². The molecule has 3 rings (SSSR count). The van der Waals surface area contributed by atoms with Crippen LogP contribution in [0.2, 0.25) is 0 Å². The van der Waals surface area contributed by atoms with E-state index in [0.29, 0.717) is 64.6 Å². The third kappa shape index (κ3) is 13.6. The number of nitrogens with zero attached hydrogens (tertiary/aromatic N) is 3. The molecule has 12 nitrogen and oxygen atoms in total. The minimum Gasteiger partial charge on any atom is -0.393 e. The smallest absolute Gasteiger partial charge is 0.225 e. The molecule has 3 aliphatic rings. The van der Waals surface area contributed by atoms with Crippen molar-refractivity contribution in [2.24, 2.45) is 29.6 Å². The van der Waals surface area contributed by atoms with Gasteiger partial charge in [-0.05, 0) is 95.3 Å². The van der Waals surface area contributed by atoms with Crippen LogP contribution in [0.15, 0.2) is 0 Å². The van der Waals surface area contributed by atoms with E-state index in [0.717, 1.165) is 57.8 Å². The van der Waals surface area contributed by atoms with Crippen LogP contribution in [0.4, 0.5) is 0 Å². The Morgan fingerprint density at radius 2 is 1.32 bits per heavy atom. The van der Waals surface area contributed by atoms with E-state index in [-0.39, 0.29) is 48.0 Å². The Morgan fingerprint density at radius 3 is 1.88 bits per heavy atom. The number of aliphatic hydroxyl groups excluding tert-OH is 2. The van der Waals surface area contributed by atoms with Gasteiger partial charge in [-0.2, -0.15) is 0 Å². The second-order valence-electron chi connectivity index (χ2n) is 15.8. The maximum Gasteiger partial charge on any atom is 0.225 e. The number of hydrogen-bond donors (Lipinski definition) is 4. The fourth-order valence-electron chi connectivity index (χ4n) is 8.48. The normalized spacial score (nSPS) is 26.3. The van der Waals surface area contributed by atoms with E-state index in [1.54, 1.807) is 19.1 Å². The van der Waals surface area contributed by atoms with Gasteiger partial charge >= 0.3 is 0 Å². The Bertz CT molecular complexity index is 1150. The van der Waals surface area contributed by atoms with Gasteiger partial charge in [0.2, 0.25) is 27.7 Å². The molecule has 50 heavy (non-hydrogen) atoms. The number of carbonyl (C=O) groups excluding carboxylic acids is 3. The Kier molecular flexibility index (Phi) is 17.9. The van der Waals surface area contributed by atoms with Crippen LogP contribution in [0.3, 0.4) is 0 Å². The molecule has 3 amide bonds. The van der Waals surface area contributed by atoms with E-state index in [4.69, 9.17) is 0 Å². The maximum atomic E-state index is 14.2. The summed E-state index contributed by atoms with van der Waals surface area (Å²) >= 11 is 0. The molecule has 0 saturated heterocycles. The average molecular weight is 728 g/mol. The number of amides is 3. The zero-order valence-electron chi connectivity index (χ0n) is 31.7. The topological polar surface area (TPSA) is 160 Å². The number of hydrogen-bond acceptors (Lipinski definition) is 8. The monoisotopic (exact) mass is 727 g/mol. The summed E-state index contributed by atoms with van der Waals surface area (Å²) < 4.78 is 26.5. The molecule has 0 heterocycles. The molecule has 0 aromatic carbocycles. The first-order valence-corrected chi connectivity index (χ1v) is 21.3. The van der Waals surface area contributed by atoms with Crippen LogP contribution in [0.25, 0.3) is 0 Å². The molecule has 3 saturated carbocycles. The van der Waals surface area contributed by atoms with Crippen molar-refractivity contribution in [3.8, 4) is 0 Å². The van der Waals surface area contributed by atoms with Crippen molar-refractivity contribution in [3.05, 3.63) is 0 Å². The standard InChI is InChI=1S/C37H69N5O7S/c1-6-18-41(19-7-2)37(47)31-23-29(22-30(24-31)36(46)40(4)5)35(45)38-33(21-27-14-16-32(43)17-15-27)34(44)25-42(20-8-3)39-50(48,49)26-28-12-10-9-11-13-28/h27-34,39,43-44H,6-26H2,1-5H3,(H,38,45). The highest BCUT2D eigenvalue weighted by atomic mass is 32.2. The minimum atomic E-state index is -3.62. The van der Waals surface area contributed by atoms with Crippen molar-refractivity contribution in [2.75, 3.05) is 46.0 Å². The van der Waals surface area contributed by atoms with Gasteiger partial charge in [0.1, 0.15) is 0 Å². The van der Waals surface area contributed by atoms with Gasteiger partial charge in [-0.15, -0.1) is 4.83 Å². The lowest BCUT2D eigenvalue weighted by Crippen LogP contribution is -2.55. The molecule has 13 heteroatoms. The van der Waals surface area contributed by atoms with Crippen LogP contribution >= 0.6 is 0 Å². The highest BCUT2D eigenvalue weighted by molar-refractivity contribution is 7.89. The molecule has 3 aliphatic carbocycles. The lowest BCUT2D eigenvalue weighted by Gasteiger charge is -2.38. The SMILES string of the molecule is CCCN(CC(O)C(CC1CCC(O)CC1)NC(=O)C1CC(C(=O)N(C)C)CC(C(=O)N(CCC)CCC)C1)NS(=O)(=O)CC1CCCCC1. The Labute approximate surface area is 302 Å². The molecular formula is C37H69N5O7S. The van der Waals surface area contributed by atoms with Crippen molar-refractivity contribution >= 4 is 27.7 Å². The molecule has 3 fully saturated rings. The summed E-state index contributed by atoms with van der Waals surface area (Å²) in [5.74, 6) is -1.49. The van der Waals surface area contributed by atoms with Crippen molar-refractivity contribution < 1.29 is 33.0 Å². The van der Waals surface area contributed by atoms with Gasteiger partial charge in [-0.25, -0.2) is 13.4 Å². The molecule has 0 spiro atoms. The molecule has 5 atom stereocenters. The number of carbonyl (C=O) groups is 3. The van der Waals surface area contributed by atoms with E-state index < -0.39 is 39.9 Å². The first kappa shape index (κ1) is 42.6. The predicted octanol–water partition coefficient (Wildman–Crippen LogP) is 3.67. The molecule has 290 valence electrons. The highest BCUT2D eigenvalue weighted by Gasteiger charge is 2.42. The van der Waals surface area contributed by atoms with Gasteiger partial charge in [0.25, 0.3) is 0 Å². The summed E-state index contributed by atoms with van der Waals surface area (Å²) in [6.45, 7) is 7.71. The fraction of sp³-hybridized carbons (Fsp3) is 0.919. The Hall–Kier alpha value is -1.80. The van der Waals surface area contributed by atoms with Crippen LogP contribution in [-0.4, -0.2) is 115 Å². The predicted molar refractivity (Wildman–Crippen MR) is 196 cm³/mol. The molecule has 0 aliphatic heterocycles. The van der Waals surface area contributed by atoms with Crippen LogP contribution in [0.1, 0.15) is 124 Å². The van der Waals surface area contributed by atoms with Crippen LogP contribution < -0.4 is 10.1 Å². The van der Waals surface area contributed by atoms with Gasteiger partial charge in [-0.3, -0.25) is 14.4 Å². The second-order valence-corrected chi connectivity index (χ2v) is 17.5. The average Bonchev–Trinajstić information content (AvgIpc) is 3.07. The lowest BCUT2D eigenvalue weighted by molar-refractivity contribution is -0.143. The minimum absolute atomic E-state index is 0.00387. The van der Waals surface area contributed by atoms with E-state index in [9.17, 15) is 33.0 Å². The molecule has 0 aromatic heterocycles. The van der Waals surface area contributed by atoms with E-state index in [1.165, 1.54) is 4.90 Å². The number of aliphatic hydroxyl groups is 2. The first-order chi connectivity index (χ1) is 23.8. The number of nitrogens with one attached hydrogen (secondary N) is 2. The zero-order chi connectivity index (χ0) is 36.8. The van der Waals surface area contributed by atoms with Gasteiger partial charge in [0.05, 0.1) is 24.0 Å². The highest BCUT2D eigenvalue weighted by Crippen LogP contribution is 2.36. The van der Waals surface area contributed by atoms with E-state index >= 15 is 0 Å². The summed E-state index contributed by atoms with van der Waals surface area (Å²) in [5.41, 5.74) is 0. The van der Waals surface area contributed by atoms with Crippen molar-refractivity contribution in [2.45, 2.75) is 142 Å². The van der Waals surface area contributed by atoms with Gasteiger partial charge in [-0.1, -0.05) is 40.0 Å². The number of sulfonamides is 1. The van der Waals surface area contributed by atoms with Gasteiger partial charge < -0.3 is 25.3 Å². The zero-order valence-corrected chi connectivity index (χ0v) is 32.5. The summed E-state index contributed by atoms with van der Waals surface area (Å²) in [7, 11) is -0.228. The molecule has 0 bridgehead atoms. The number of rotatable bonds is 19. The third-order valence-electron chi connectivity index (χ3n) is 11.1. The molecule has 5 unspecified atom stereocenters. The fourth-order valence-corrected chi connectivity index (χ4v) is 10.1. The van der Waals surface area contributed by atoms with E-state index in [1.807, 2.05) is 25.7 Å². The summed E-state index contributed by atoms with van der Waals surface area (Å²) in [5, 5.41) is 26.6. The maximum absolute atomic E-state index is 14.2. The molecule has 0 aromatic rings. The molecular weight excluding hydrogens is 659 g/mol. The molecule has 4 N–H and O–H groups in total.